The van der Waals surface area contributed by atoms with Crippen LogP contribution in [0.4, 0.5) is 0 Å². The number of benzene rings is 1. The Hall–Kier alpha value is -1.17. The quantitative estimate of drug-likeness (QED) is 0.780. The van der Waals surface area contributed by atoms with Gasteiger partial charge in [-0.1, -0.05) is 15.9 Å². The van der Waals surface area contributed by atoms with Gasteiger partial charge in [-0.15, -0.1) is 11.3 Å². The molecule has 1 aromatic carbocycles. The van der Waals surface area contributed by atoms with Gasteiger partial charge in [-0.25, -0.2) is 4.98 Å². The Kier molecular flexibility index (Phi) is 3.68. The highest BCUT2D eigenvalue weighted by Gasteiger charge is 2.10. The van der Waals surface area contributed by atoms with Crippen LogP contribution in [0.1, 0.15) is 5.01 Å². The summed E-state index contributed by atoms with van der Waals surface area (Å²) in [4.78, 5) is 4.61. The topological polar surface area (TPSA) is 38.1 Å². The highest BCUT2D eigenvalue weighted by atomic mass is 79.9. The summed E-state index contributed by atoms with van der Waals surface area (Å²) in [7, 11) is 1.95. The van der Waals surface area contributed by atoms with Gasteiger partial charge >= 0.3 is 0 Å². The minimum Gasteiger partial charge on any atom is -0.454 e. The molecule has 3 aromatic rings. The third-order valence-corrected chi connectivity index (χ3v) is 4.27. The molecule has 0 aliphatic carbocycles. The van der Waals surface area contributed by atoms with Crippen LogP contribution in [0.15, 0.2) is 38.5 Å². The van der Waals surface area contributed by atoms with Crippen molar-refractivity contribution < 1.29 is 4.42 Å². The predicted octanol–water partition coefficient (Wildman–Crippen LogP) is 4.08. The Morgan fingerprint density at radius 2 is 2.26 bits per heavy atom. The van der Waals surface area contributed by atoms with Crippen LogP contribution in [0.25, 0.3) is 22.4 Å². The Labute approximate surface area is 123 Å². The second-order valence-corrected chi connectivity index (χ2v) is 6.13. The fourth-order valence-electron chi connectivity index (χ4n) is 1.91. The van der Waals surface area contributed by atoms with Gasteiger partial charge in [-0.2, -0.15) is 0 Å². The molecule has 2 heterocycles. The first-order chi connectivity index (χ1) is 9.26. The molecule has 3 nitrogen and oxygen atoms in total. The Morgan fingerprint density at radius 1 is 1.37 bits per heavy atom. The fourth-order valence-corrected chi connectivity index (χ4v) is 3.08. The lowest BCUT2D eigenvalue weighted by Gasteiger charge is -1.93. The van der Waals surface area contributed by atoms with Crippen LogP contribution < -0.4 is 5.32 Å². The standard InChI is InChI=1S/C14H13BrN2OS/c1-16-5-4-14-17-11(8-19-14)13-7-9-6-10(15)2-3-12(9)18-13/h2-3,6-8,16H,4-5H2,1H3. The summed E-state index contributed by atoms with van der Waals surface area (Å²) < 4.78 is 6.89. The molecule has 0 amide bonds. The zero-order valence-electron chi connectivity index (χ0n) is 10.4. The average Bonchev–Trinajstić information content (AvgIpc) is 3.01. The number of fused-ring (bicyclic) bond motifs is 1. The van der Waals surface area contributed by atoms with E-state index in [0.29, 0.717) is 0 Å². The summed E-state index contributed by atoms with van der Waals surface area (Å²) in [6.07, 6.45) is 0.951. The Bertz CT molecular complexity index is 704. The van der Waals surface area contributed by atoms with Crippen molar-refractivity contribution in [2.45, 2.75) is 6.42 Å². The van der Waals surface area contributed by atoms with Gasteiger partial charge in [0.2, 0.25) is 0 Å². The van der Waals surface area contributed by atoms with Crippen LogP contribution in [-0.4, -0.2) is 18.6 Å². The first-order valence-corrected chi connectivity index (χ1v) is 7.72. The molecule has 0 atom stereocenters. The van der Waals surface area contributed by atoms with Crippen molar-refractivity contribution in [3.05, 3.63) is 39.1 Å². The van der Waals surface area contributed by atoms with E-state index in [-0.39, 0.29) is 0 Å². The third-order valence-electron chi connectivity index (χ3n) is 2.87. The minimum atomic E-state index is 0.833. The maximum atomic E-state index is 5.83. The molecule has 5 heteroatoms. The van der Waals surface area contributed by atoms with Crippen molar-refractivity contribution in [3.8, 4) is 11.5 Å². The van der Waals surface area contributed by atoms with Crippen molar-refractivity contribution in [1.82, 2.24) is 10.3 Å². The van der Waals surface area contributed by atoms with E-state index in [1.165, 1.54) is 0 Å². The molecule has 98 valence electrons. The molecular formula is C14H13BrN2OS. The highest BCUT2D eigenvalue weighted by Crippen LogP contribution is 2.30. The van der Waals surface area contributed by atoms with Gasteiger partial charge in [0.25, 0.3) is 0 Å². The fraction of sp³-hybridized carbons (Fsp3) is 0.214. The largest absolute Gasteiger partial charge is 0.454 e. The first-order valence-electron chi connectivity index (χ1n) is 6.05. The van der Waals surface area contributed by atoms with E-state index in [0.717, 1.165) is 44.9 Å². The van der Waals surface area contributed by atoms with Gasteiger partial charge < -0.3 is 9.73 Å². The lowest BCUT2D eigenvalue weighted by atomic mass is 10.2. The monoisotopic (exact) mass is 336 g/mol. The molecule has 0 unspecified atom stereocenters. The number of furan rings is 1. The van der Waals surface area contributed by atoms with Gasteiger partial charge in [0.15, 0.2) is 5.76 Å². The molecule has 1 N–H and O–H groups in total. The van der Waals surface area contributed by atoms with Crippen molar-refractivity contribution >= 4 is 38.2 Å². The molecule has 19 heavy (non-hydrogen) atoms. The molecule has 0 aliphatic heterocycles. The van der Waals surface area contributed by atoms with Crippen LogP contribution in [-0.2, 0) is 6.42 Å². The van der Waals surface area contributed by atoms with Gasteiger partial charge in [0.05, 0.1) is 5.01 Å². The second kappa shape index (κ2) is 5.45. The van der Waals surface area contributed by atoms with Crippen LogP contribution in [0.5, 0.6) is 0 Å². The summed E-state index contributed by atoms with van der Waals surface area (Å²) in [5.41, 5.74) is 1.81. The lowest BCUT2D eigenvalue weighted by molar-refractivity contribution is 0.629. The SMILES string of the molecule is CNCCc1nc(-c2cc3cc(Br)ccc3o2)cs1. The van der Waals surface area contributed by atoms with Crippen molar-refractivity contribution in [2.24, 2.45) is 0 Å². The molecule has 0 radical (unpaired) electrons. The van der Waals surface area contributed by atoms with Crippen LogP contribution >= 0.6 is 27.3 Å². The predicted molar refractivity (Wildman–Crippen MR) is 82.7 cm³/mol. The number of aromatic nitrogens is 1. The van der Waals surface area contributed by atoms with Crippen LogP contribution in [0.3, 0.4) is 0 Å². The van der Waals surface area contributed by atoms with E-state index in [1.54, 1.807) is 11.3 Å². The second-order valence-electron chi connectivity index (χ2n) is 4.27. The molecule has 0 saturated heterocycles. The number of halogens is 1. The number of likely N-dealkylation sites (N-methyl/N-ethyl adjacent to an activating group) is 1. The highest BCUT2D eigenvalue weighted by molar-refractivity contribution is 9.10. The summed E-state index contributed by atoms with van der Waals surface area (Å²) in [5, 5.41) is 7.41. The summed E-state index contributed by atoms with van der Waals surface area (Å²) >= 11 is 5.15. The van der Waals surface area contributed by atoms with Gasteiger partial charge in [0, 0.05) is 28.2 Å². The van der Waals surface area contributed by atoms with E-state index in [1.807, 2.05) is 25.2 Å². The first kappa shape index (κ1) is 12.8. The smallest absolute Gasteiger partial charge is 0.154 e. The summed E-state index contributed by atoms with van der Waals surface area (Å²) in [5.74, 6) is 0.833. The van der Waals surface area contributed by atoms with Crippen molar-refractivity contribution in [1.29, 1.82) is 0 Å². The molecule has 0 bridgehead atoms. The molecule has 0 fully saturated rings. The van der Waals surface area contributed by atoms with E-state index in [9.17, 15) is 0 Å². The zero-order valence-corrected chi connectivity index (χ0v) is 12.8. The third kappa shape index (κ3) is 2.73. The average molecular weight is 337 g/mol. The van der Waals surface area contributed by atoms with E-state index >= 15 is 0 Å². The Balaban J connectivity index is 1.92. The summed E-state index contributed by atoms with van der Waals surface area (Å²) in [6, 6.07) is 8.04. The van der Waals surface area contributed by atoms with E-state index in [2.05, 4.69) is 37.7 Å². The molecule has 0 spiro atoms. The molecule has 0 aliphatic rings. The molecular weight excluding hydrogens is 324 g/mol. The minimum absolute atomic E-state index is 0.833. The van der Waals surface area contributed by atoms with Crippen LogP contribution in [0, 0.1) is 0 Å². The van der Waals surface area contributed by atoms with Gasteiger partial charge in [-0.05, 0) is 31.3 Å². The zero-order chi connectivity index (χ0) is 13.2. The van der Waals surface area contributed by atoms with Crippen LogP contribution in [0.2, 0.25) is 0 Å². The normalized spacial score (nSPS) is 11.3. The molecule has 2 aromatic heterocycles. The Morgan fingerprint density at radius 3 is 3.11 bits per heavy atom. The number of hydrogen-bond acceptors (Lipinski definition) is 4. The number of thiazole rings is 1. The van der Waals surface area contributed by atoms with Crippen molar-refractivity contribution in [3.63, 3.8) is 0 Å². The maximum absolute atomic E-state index is 5.83. The maximum Gasteiger partial charge on any atom is 0.154 e. The lowest BCUT2D eigenvalue weighted by Crippen LogP contribution is -2.09. The number of nitrogens with zero attached hydrogens (tertiary/aromatic N) is 1. The van der Waals surface area contributed by atoms with Gasteiger partial charge in [-0.3, -0.25) is 0 Å². The molecule has 3 rings (SSSR count). The van der Waals surface area contributed by atoms with E-state index in [4.69, 9.17) is 4.42 Å². The molecule has 0 saturated carbocycles. The number of hydrogen-bond donors (Lipinski definition) is 1. The number of nitrogens with one attached hydrogen (secondary N) is 1. The van der Waals surface area contributed by atoms with E-state index < -0.39 is 0 Å². The number of rotatable bonds is 4. The van der Waals surface area contributed by atoms with Crippen molar-refractivity contribution in [2.75, 3.05) is 13.6 Å². The van der Waals surface area contributed by atoms with Gasteiger partial charge in [0.1, 0.15) is 11.3 Å². The summed E-state index contributed by atoms with van der Waals surface area (Å²) in [6.45, 7) is 0.944.